The highest BCUT2D eigenvalue weighted by atomic mass is 32.1. The van der Waals surface area contributed by atoms with Crippen molar-refractivity contribution in [2.24, 2.45) is 5.92 Å². The Bertz CT molecular complexity index is 859. The molecule has 2 heterocycles. The summed E-state index contributed by atoms with van der Waals surface area (Å²) in [4.78, 5) is 28.3. The van der Waals surface area contributed by atoms with E-state index in [-0.39, 0.29) is 29.2 Å². The first kappa shape index (κ1) is 19.2. The van der Waals surface area contributed by atoms with E-state index in [0.717, 1.165) is 37.1 Å². The molecule has 0 radical (unpaired) electrons. The smallest absolute Gasteiger partial charge is 0.263 e. The van der Waals surface area contributed by atoms with Gasteiger partial charge in [-0.05, 0) is 53.7 Å². The zero-order valence-electron chi connectivity index (χ0n) is 16.6. The number of rotatable bonds is 3. The van der Waals surface area contributed by atoms with Crippen LogP contribution in [0.5, 0.6) is 0 Å². The van der Waals surface area contributed by atoms with Gasteiger partial charge in [0.25, 0.3) is 5.91 Å². The van der Waals surface area contributed by atoms with Crippen LogP contribution in [-0.4, -0.2) is 29.8 Å². The highest BCUT2D eigenvalue weighted by Gasteiger charge is 2.35. The van der Waals surface area contributed by atoms with Crippen LogP contribution in [0, 0.1) is 5.92 Å². The van der Waals surface area contributed by atoms with Gasteiger partial charge in [-0.25, -0.2) is 0 Å². The fraction of sp³-hybridized carbons (Fsp3) is 0.478. The Morgan fingerprint density at radius 3 is 2.75 bits per heavy atom. The number of carbonyl (C=O) groups excluding carboxylic acids is 2. The largest absolute Gasteiger partial charge is 0.349 e. The van der Waals surface area contributed by atoms with Gasteiger partial charge >= 0.3 is 0 Å². The molecule has 2 aromatic rings. The third-order valence-corrected chi connectivity index (χ3v) is 7.11. The highest BCUT2D eigenvalue weighted by Crippen LogP contribution is 2.41. The number of nitrogens with one attached hydrogen (secondary N) is 1. The van der Waals surface area contributed by atoms with Crippen LogP contribution < -0.4 is 5.32 Å². The monoisotopic (exact) mass is 396 g/mol. The molecule has 2 aliphatic rings. The maximum Gasteiger partial charge on any atom is 0.263 e. The van der Waals surface area contributed by atoms with Gasteiger partial charge in [0.15, 0.2) is 0 Å². The van der Waals surface area contributed by atoms with E-state index >= 15 is 0 Å². The van der Waals surface area contributed by atoms with E-state index in [1.165, 1.54) is 22.5 Å². The maximum atomic E-state index is 13.0. The summed E-state index contributed by atoms with van der Waals surface area (Å²) in [6.07, 6.45) is 3.74. The van der Waals surface area contributed by atoms with Gasteiger partial charge in [0.1, 0.15) is 0 Å². The average molecular weight is 397 g/mol. The molecule has 1 aliphatic carbocycles. The normalized spacial score (nSPS) is 23.7. The summed E-state index contributed by atoms with van der Waals surface area (Å²) in [6, 6.07) is 12.3. The number of likely N-dealkylation sites (tertiary alicyclic amines) is 1. The quantitative estimate of drug-likeness (QED) is 0.829. The molecule has 4 nitrogen and oxygen atoms in total. The summed E-state index contributed by atoms with van der Waals surface area (Å²) >= 11 is 1.46. The summed E-state index contributed by atoms with van der Waals surface area (Å²) in [5.74, 6) is 0.0141. The Kier molecular flexibility index (Phi) is 5.28. The zero-order valence-corrected chi connectivity index (χ0v) is 17.4. The van der Waals surface area contributed by atoms with Gasteiger partial charge in [-0.2, -0.15) is 0 Å². The Morgan fingerprint density at radius 1 is 1.14 bits per heavy atom. The number of nitrogens with zero attached hydrogens (tertiary/aromatic N) is 1. The number of fused-ring (bicyclic) bond motifs is 1. The molecule has 1 aliphatic heterocycles. The van der Waals surface area contributed by atoms with Crippen molar-refractivity contribution >= 4 is 23.2 Å². The molecular formula is C23H28N2O2S. The van der Waals surface area contributed by atoms with Gasteiger partial charge in [0.2, 0.25) is 5.91 Å². The van der Waals surface area contributed by atoms with Gasteiger partial charge in [0, 0.05) is 13.1 Å². The Balaban J connectivity index is 1.44. The zero-order chi connectivity index (χ0) is 19.7. The molecule has 0 spiro atoms. The van der Waals surface area contributed by atoms with Gasteiger partial charge in [0.05, 0.1) is 16.8 Å². The summed E-state index contributed by atoms with van der Waals surface area (Å²) in [6.45, 7) is 5.81. The van der Waals surface area contributed by atoms with E-state index < -0.39 is 0 Å². The first-order valence-corrected chi connectivity index (χ1v) is 11.1. The number of benzene rings is 1. The maximum absolute atomic E-state index is 13.0. The van der Waals surface area contributed by atoms with Crippen LogP contribution in [-0.2, 0) is 10.2 Å². The lowest BCUT2D eigenvalue weighted by atomic mass is 9.71. The summed E-state index contributed by atoms with van der Waals surface area (Å²) < 4.78 is 0. The van der Waals surface area contributed by atoms with E-state index in [9.17, 15) is 9.59 Å². The first-order chi connectivity index (χ1) is 13.5. The van der Waals surface area contributed by atoms with Crippen LogP contribution in [0.25, 0.3) is 0 Å². The molecule has 1 saturated heterocycles. The number of hydrogen-bond donors (Lipinski definition) is 1. The van der Waals surface area contributed by atoms with Crippen LogP contribution in [0.1, 0.15) is 66.4 Å². The molecule has 148 valence electrons. The topological polar surface area (TPSA) is 49.4 Å². The molecule has 1 N–H and O–H groups in total. The molecule has 5 heteroatoms. The molecule has 1 aromatic heterocycles. The summed E-state index contributed by atoms with van der Waals surface area (Å²) in [7, 11) is 0. The lowest BCUT2D eigenvalue weighted by molar-refractivity contribution is -0.127. The summed E-state index contributed by atoms with van der Waals surface area (Å²) in [5.41, 5.74) is 2.73. The molecule has 4 rings (SSSR count). The molecule has 0 bridgehead atoms. The fourth-order valence-corrected chi connectivity index (χ4v) is 5.27. The van der Waals surface area contributed by atoms with E-state index in [0.29, 0.717) is 6.54 Å². The standard InChI is InChI=1S/C23H28N2O2S/c1-23(2)12-11-19(17-8-3-4-9-18(17)23)24-21(26)16-7-5-13-25(15-16)22(27)20-10-6-14-28-20/h3-4,6,8-10,14,16,19H,5,7,11-13,15H2,1-2H3,(H,24,26). The van der Waals surface area contributed by atoms with Crippen molar-refractivity contribution < 1.29 is 9.59 Å². The van der Waals surface area contributed by atoms with E-state index in [2.05, 4.69) is 43.4 Å². The fourth-order valence-electron chi connectivity index (χ4n) is 4.58. The minimum atomic E-state index is -0.125. The minimum Gasteiger partial charge on any atom is -0.349 e. The molecular weight excluding hydrogens is 368 g/mol. The minimum absolute atomic E-state index is 0.0530. The first-order valence-electron chi connectivity index (χ1n) is 10.2. The van der Waals surface area contributed by atoms with Crippen molar-refractivity contribution in [3.63, 3.8) is 0 Å². The second kappa shape index (κ2) is 7.70. The average Bonchev–Trinajstić information content (AvgIpc) is 3.25. The van der Waals surface area contributed by atoms with Crippen molar-refractivity contribution in [1.82, 2.24) is 10.2 Å². The second-order valence-corrected chi connectivity index (χ2v) is 9.59. The Morgan fingerprint density at radius 2 is 1.96 bits per heavy atom. The number of piperidine rings is 1. The van der Waals surface area contributed by atoms with Crippen LogP contribution in [0.3, 0.4) is 0 Å². The lowest BCUT2D eigenvalue weighted by Crippen LogP contribution is -2.46. The number of amides is 2. The van der Waals surface area contributed by atoms with Crippen LogP contribution in [0.2, 0.25) is 0 Å². The third kappa shape index (κ3) is 3.72. The predicted octanol–water partition coefficient (Wildman–Crippen LogP) is 4.53. The molecule has 0 saturated carbocycles. The molecule has 2 unspecified atom stereocenters. The van der Waals surface area contributed by atoms with E-state index in [4.69, 9.17) is 0 Å². The molecule has 28 heavy (non-hydrogen) atoms. The van der Waals surface area contributed by atoms with E-state index in [1.54, 1.807) is 0 Å². The summed E-state index contributed by atoms with van der Waals surface area (Å²) in [5, 5.41) is 5.22. The number of thiophene rings is 1. The van der Waals surface area contributed by atoms with Crippen molar-refractivity contribution in [2.45, 2.75) is 51.0 Å². The highest BCUT2D eigenvalue weighted by molar-refractivity contribution is 7.12. The lowest BCUT2D eigenvalue weighted by Gasteiger charge is -2.38. The molecule has 1 fully saturated rings. The predicted molar refractivity (Wildman–Crippen MR) is 113 cm³/mol. The van der Waals surface area contributed by atoms with Crippen molar-refractivity contribution in [2.75, 3.05) is 13.1 Å². The van der Waals surface area contributed by atoms with Gasteiger partial charge in [-0.3, -0.25) is 9.59 Å². The third-order valence-electron chi connectivity index (χ3n) is 6.25. The number of hydrogen-bond acceptors (Lipinski definition) is 3. The van der Waals surface area contributed by atoms with Gasteiger partial charge in [-0.15, -0.1) is 11.3 Å². The second-order valence-electron chi connectivity index (χ2n) is 8.64. The van der Waals surface area contributed by atoms with E-state index in [1.807, 2.05) is 22.4 Å². The van der Waals surface area contributed by atoms with Crippen molar-refractivity contribution in [3.05, 3.63) is 57.8 Å². The number of carbonyl (C=O) groups is 2. The van der Waals surface area contributed by atoms with Crippen LogP contribution >= 0.6 is 11.3 Å². The molecule has 1 aromatic carbocycles. The SMILES string of the molecule is CC1(C)CCC(NC(=O)C2CCCN(C(=O)c3cccs3)C2)c2ccccc21. The van der Waals surface area contributed by atoms with Crippen LogP contribution in [0.4, 0.5) is 0 Å². The molecule has 2 atom stereocenters. The van der Waals surface area contributed by atoms with Crippen LogP contribution in [0.15, 0.2) is 41.8 Å². The molecule has 2 amide bonds. The van der Waals surface area contributed by atoms with Gasteiger partial charge in [-0.1, -0.05) is 44.2 Å². The Hall–Kier alpha value is -2.14. The van der Waals surface area contributed by atoms with Gasteiger partial charge < -0.3 is 10.2 Å². The Labute approximate surface area is 170 Å². The van der Waals surface area contributed by atoms with Crippen molar-refractivity contribution in [3.8, 4) is 0 Å². The van der Waals surface area contributed by atoms with Crippen molar-refractivity contribution in [1.29, 1.82) is 0 Å².